The Morgan fingerprint density at radius 2 is 1.91 bits per heavy atom. The van der Waals surface area contributed by atoms with Crippen molar-refractivity contribution in [3.05, 3.63) is 29.8 Å². The molecule has 0 heterocycles. The van der Waals surface area contributed by atoms with Crippen LogP contribution in [-0.2, 0) is 0 Å². The van der Waals surface area contributed by atoms with E-state index in [1.807, 2.05) is 13.0 Å². The highest BCUT2D eigenvalue weighted by Crippen LogP contribution is 2.17. The van der Waals surface area contributed by atoms with Crippen molar-refractivity contribution < 1.29 is 9.53 Å². The summed E-state index contributed by atoms with van der Waals surface area (Å²) in [4.78, 5) is 14.5. The van der Waals surface area contributed by atoms with Gasteiger partial charge in [0.25, 0.3) is 5.91 Å². The second-order valence-electron chi connectivity index (χ2n) is 4.67. The SMILES string of the molecule is CCOc1ccccc1C(=O)NC(=S)NCCN(CC)CC. The van der Waals surface area contributed by atoms with Crippen LogP contribution in [0.2, 0.25) is 0 Å². The van der Waals surface area contributed by atoms with Gasteiger partial charge in [-0.1, -0.05) is 26.0 Å². The molecule has 0 radical (unpaired) electrons. The molecule has 0 aliphatic carbocycles. The van der Waals surface area contributed by atoms with Gasteiger partial charge in [-0.25, -0.2) is 0 Å². The number of carbonyl (C=O) groups is 1. The summed E-state index contributed by atoms with van der Waals surface area (Å²) in [6.45, 7) is 10.2. The van der Waals surface area contributed by atoms with Crippen LogP contribution in [0.15, 0.2) is 24.3 Å². The number of likely N-dealkylation sites (N-methyl/N-ethyl adjacent to an activating group) is 1. The van der Waals surface area contributed by atoms with Crippen LogP contribution in [0.25, 0.3) is 0 Å². The molecule has 0 fully saturated rings. The molecule has 1 aromatic carbocycles. The molecule has 0 saturated carbocycles. The molecule has 0 aliphatic heterocycles. The second kappa shape index (κ2) is 10.1. The van der Waals surface area contributed by atoms with Crippen LogP contribution >= 0.6 is 12.2 Å². The number of ether oxygens (including phenoxy) is 1. The molecule has 5 nitrogen and oxygen atoms in total. The lowest BCUT2D eigenvalue weighted by molar-refractivity contribution is 0.0973. The minimum Gasteiger partial charge on any atom is -0.493 e. The largest absolute Gasteiger partial charge is 0.493 e. The zero-order valence-electron chi connectivity index (χ0n) is 13.5. The molecule has 0 aliphatic rings. The quantitative estimate of drug-likeness (QED) is 0.717. The predicted molar refractivity (Wildman–Crippen MR) is 93.5 cm³/mol. The Hall–Kier alpha value is -1.66. The topological polar surface area (TPSA) is 53.6 Å². The highest BCUT2D eigenvalue weighted by molar-refractivity contribution is 7.80. The maximum Gasteiger partial charge on any atom is 0.261 e. The summed E-state index contributed by atoms with van der Waals surface area (Å²) >= 11 is 5.16. The summed E-state index contributed by atoms with van der Waals surface area (Å²) < 4.78 is 5.45. The van der Waals surface area contributed by atoms with E-state index in [1.165, 1.54) is 0 Å². The number of benzene rings is 1. The van der Waals surface area contributed by atoms with Crippen LogP contribution < -0.4 is 15.4 Å². The minimum absolute atomic E-state index is 0.260. The van der Waals surface area contributed by atoms with Crippen LogP contribution in [0, 0.1) is 0 Å². The van der Waals surface area contributed by atoms with Gasteiger partial charge in [-0.05, 0) is 44.4 Å². The first-order chi connectivity index (χ1) is 10.6. The zero-order valence-corrected chi connectivity index (χ0v) is 14.3. The van der Waals surface area contributed by atoms with Gasteiger partial charge in [0.05, 0.1) is 12.2 Å². The smallest absolute Gasteiger partial charge is 0.261 e. The van der Waals surface area contributed by atoms with E-state index in [1.54, 1.807) is 18.2 Å². The number of thiocarbonyl (C=S) groups is 1. The van der Waals surface area contributed by atoms with E-state index in [-0.39, 0.29) is 5.91 Å². The van der Waals surface area contributed by atoms with Gasteiger partial charge in [-0.3, -0.25) is 10.1 Å². The van der Waals surface area contributed by atoms with E-state index in [0.717, 1.165) is 19.6 Å². The predicted octanol–water partition coefficient (Wildman–Crippen LogP) is 2.03. The van der Waals surface area contributed by atoms with Gasteiger partial charge in [-0.2, -0.15) is 0 Å². The first-order valence-corrected chi connectivity index (χ1v) is 8.06. The first-order valence-electron chi connectivity index (χ1n) is 7.65. The molecule has 122 valence electrons. The molecule has 1 rings (SSSR count). The Morgan fingerprint density at radius 1 is 1.23 bits per heavy atom. The maximum atomic E-state index is 12.2. The summed E-state index contributed by atoms with van der Waals surface area (Å²) in [6, 6.07) is 7.13. The molecule has 2 N–H and O–H groups in total. The number of rotatable bonds is 8. The van der Waals surface area contributed by atoms with Crippen molar-refractivity contribution in [3.63, 3.8) is 0 Å². The number of amides is 1. The Labute approximate surface area is 138 Å². The van der Waals surface area contributed by atoms with Crippen LogP contribution in [0.1, 0.15) is 31.1 Å². The number of hydrogen-bond acceptors (Lipinski definition) is 4. The Bertz CT molecular complexity index is 490. The Morgan fingerprint density at radius 3 is 2.55 bits per heavy atom. The number of para-hydroxylation sites is 1. The average molecular weight is 323 g/mol. The average Bonchev–Trinajstić information content (AvgIpc) is 2.52. The molecule has 0 spiro atoms. The van der Waals surface area contributed by atoms with E-state index in [4.69, 9.17) is 17.0 Å². The van der Waals surface area contributed by atoms with Crippen LogP contribution in [0.3, 0.4) is 0 Å². The number of carbonyl (C=O) groups excluding carboxylic acids is 1. The van der Waals surface area contributed by atoms with Crippen LogP contribution in [0.5, 0.6) is 5.75 Å². The fourth-order valence-corrected chi connectivity index (χ4v) is 2.21. The van der Waals surface area contributed by atoms with Crippen LogP contribution in [0.4, 0.5) is 0 Å². The lowest BCUT2D eigenvalue weighted by atomic mass is 10.2. The molecule has 1 amide bonds. The van der Waals surface area contributed by atoms with Gasteiger partial charge < -0.3 is 15.0 Å². The van der Waals surface area contributed by atoms with Crippen LogP contribution in [-0.4, -0.2) is 48.7 Å². The first kappa shape index (κ1) is 18.4. The van der Waals surface area contributed by atoms with E-state index < -0.39 is 0 Å². The fraction of sp³-hybridized carbons (Fsp3) is 0.500. The number of hydrogen-bond donors (Lipinski definition) is 2. The molecule has 0 unspecified atom stereocenters. The van der Waals surface area contributed by atoms with Crippen molar-refractivity contribution >= 4 is 23.2 Å². The molecule has 6 heteroatoms. The van der Waals surface area contributed by atoms with Gasteiger partial charge in [0.15, 0.2) is 5.11 Å². The highest BCUT2D eigenvalue weighted by Gasteiger charge is 2.13. The van der Waals surface area contributed by atoms with Crippen molar-refractivity contribution in [2.45, 2.75) is 20.8 Å². The molecule has 0 atom stereocenters. The van der Waals surface area contributed by atoms with E-state index in [0.29, 0.717) is 29.6 Å². The maximum absolute atomic E-state index is 12.2. The minimum atomic E-state index is -0.260. The van der Waals surface area contributed by atoms with Gasteiger partial charge in [-0.15, -0.1) is 0 Å². The molecule has 1 aromatic rings. The lowest BCUT2D eigenvalue weighted by Crippen LogP contribution is -2.42. The summed E-state index contributed by atoms with van der Waals surface area (Å²) in [6.07, 6.45) is 0. The third-order valence-corrected chi connectivity index (χ3v) is 3.51. The highest BCUT2D eigenvalue weighted by atomic mass is 32.1. The molecule has 22 heavy (non-hydrogen) atoms. The van der Waals surface area contributed by atoms with Gasteiger partial charge in [0.1, 0.15) is 5.75 Å². The van der Waals surface area contributed by atoms with Crippen molar-refractivity contribution in [1.82, 2.24) is 15.5 Å². The number of nitrogens with one attached hydrogen (secondary N) is 2. The summed E-state index contributed by atoms with van der Waals surface area (Å²) in [7, 11) is 0. The van der Waals surface area contributed by atoms with Gasteiger partial charge in [0, 0.05) is 13.1 Å². The Kier molecular flexibility index (Phi) is 8.47. The van der Waals surface area contributed by atoms with Crippen molar-refractivity contribution in [1.29, 1.82) is 0 Å². The summed E-state index contributed by atoms with van der Waals surface area (Å²) in [5.41, 5.74) is 0.484. The van der Waals surface area contributed by atoms with Crippen molar-refractivity contribution in [2.24, 2.45) is 0 Å². The standard InChI is InChI=1S/C16H25N3O2S/c1-4-19(5-2)12-11-17-16(22)18-15(20)13-9-7-8-10-14(13)21-6-3/h7-10H,4-6,11-12H2,1-3H3,(H2,17,18,20,22). The second-order valence-corrected chi connectivity index (χ2v) is 5.07. The normalized spacial score (nSPS) is 10.4. The molecular formula is C16H25N3O2S. The monoisotopic (exact) mass is 323 g/mol. The van der Waals surface area contributed by atoms with Crippen molar-refractivity contribution in [3.8, 4) is 5.75 Å². The summed E-state index contributed by atoms with van der Waals surface area (Å²) in [5.74, 6) is 0.304. The third kappa shape index (κ3) is 5.99. The number of nitrogens with zero attached hydrogens (tertiary/aromatic N) is 1. The zero-order chi connectivity index (χ0) is 16.4. The molecule has 0 bridgehead atoms. The lowest BCUT2D eigenvalue weighted by Gasteiger charge is -2.18. The Balaban J connectivity index is 2.49. The van der Waals surface area contributed by atoms with Gasteiger partial charge >= 0.3 is 0 Å². The van der Waals surface area contributed by atoms with E-state index >= 15 is 0 Å². The van der Waals surface area contributed by atoms with Gasteiger partial charge in [0.2, 0.25) is 0 Å². The fourth-order valence-electron chi connectivity index (χ4n) is 2.02. The molecule has 0 saturated heterocycles. The third-order valence-electron chi connectivity index (χ3n) is 3.27. The summed E-state index contributed by atoms with van der Waals surface area (Å²) in [5, 5.41) is 6.08. The van der Waals surface area contributed by atoms with E-state index in [9.17, 15) is 4.79 Å². The molecule has 0 aromatic heterocycles. The van der Waals surface area contributed by atoms with E-state index in [2.05, 4.69) is 29.4 Å². The van der Waals surface area contributed by atoms with Crippen molar-refractivity contribution in [2.75, 3.05) is 32.8 Å². The molecular weight excluding hydrogens is 298 g/mol.